The minimum Gasteiger partial charge on any atom is -0.497 e. The van der Waals surface area contributed by atoms with Gasteiger partial charge in [-0.25, -0.2) is 9.97 Å². The van der Waals surface area contributed by atoms with Crippen molar-refractivity contribution in [2.24, 2.45) is 5.92 Å². The van der Waals surface area contributed by atoms with Crippen molar-refractivity contribution in [3.8, 4) is 5.75 Å². The number of rotatable bonds is 9. The summed E-state index contributed by atoms with van der Waals surface area (Å²) in [5.74, 6) is 3.36. The van der Waals surface area contributed by atoms with Crippen LogP contribution in [0.25, 0.3) is 0 Å². The molecule has 1 saturated heterocycles. The maximum Gasteiger partial charge on any atom is 0.220 e. The summed E-state index contributed by atoms with van der Waals surface area (Å²) in [6.07, 6.45) is 7.87. The predicted octanol–water partition coefficient (Wildman–Crippen LogP) is 3.37. The molecule has 2 heterocycles. The van der Waals surface area contributed by atoms with Crippen molar-refractivity contribution in [3.63, 3.8) is 0 Å². The van der Waals surface area contributed by atoms with Crippen LogP contribution in [0.1, 0.15) is 44.1 Å². The molecule has 1 amide bonds. The Bertz CT molecular complexity index is 838. The van der Waals surface area contributed by atoms with Gasteiger partial charge < -0.3 is 20.3 Å². The zero-order chi connectivity index (χ0) is 20.8. The smallest absolute Gasteiger partial charge is 0.220 e. The van der Waals surface area contributed by atoms with E-state index >= 15 is 0 Å². The lowest BCUT2D eigenvalue weighted by Gasteiger charge is -2.33. The van der Waals surface area contributed by atoms with Crippen LogP contribution < -0.4 is 20.3 Å². The monoisotopic (exact) mass is 409 g/mol. The molecule has 1 aliphatic carbocycles. The first-order valence-corrected chi connectivity index (χ1v) is 10.9. The average Bonchev–Trinajstić information content (AvgIpc) is 3.61. The zero-order valence-electron chi connectivity index (χ0n) is 17.6. The lowest BCUT2D eigenvalue weighted by atomic mass is 9.93. The molecule has 2 aliphatic rings. The molecular weight excluding hydrogens is 378 g/mol. The van der Waals surface area contributed by atoms with Gasteiger partial charge in [-0.15, -0.1) is 0 Å². The van der Waals surface area contributed by atoms with Crippen LogP contribution in [0.15, 0.2) is 36.7 Å². The summed E-state index contributed by atoms with van der Waals surface area (Å²) in [5.41, 5.74) is 1.08. The van der Waals surface area contributed by atoms with E-state index in [0.717, 1.165) is 48.9 Å². The number of benzene rings is 1. The molecule has 2 fully saturated rings. The maximum absolute atomic E-state index is 12.3. The normalized spacial score (nSPS) is 18.7. The van der Waals surface area contributed by atoms with E-state index in [4.69, 9.17) is 4.74 Å². The van der Waals surface area contributed by atoms with Crippen molar-refractivity contribution in [2.45, 2.75) is 51.1 Å². The number of hydrogen-bond acceptors (Lipinski definition) is 6. The Morgan fingerprint density at radius 2 is 2.03 bits per heavy atom. The topological polar surface area (TPSA) is 79.4 Å². The van der Waals surface area contributed by atoms with Crippen LogP contribution in [0.2, 0.25) is 0 Å². The van der Waals surface area contributed by atoms with Crippen LogP contribution in [0.4, 0.5) is 11.6 Å². The largest absolute Gasteiger partial charge is 0.497 e. The molecule has 0 unspecified atom stereocenters. The molecule has 30 heavy (non-hydrogen) atoms. The van der Waals surface area contributed by atoms with E-state index in [2.05, 4.69) is 31.6 Å². The molecule has 7 nitrogen and oxygen atoms in total. The molecule has 2 aromatic rings. The number of carbonyl (C=O) groups is 1. The highest BCUT2D eigenvalue weighted by Gasteiger charge is 2.24. The zero-order valence-corrected chi connectivity index (χ0v) is 17.6. The van der Waals surface area contributed by atoms with E-state index in [0.29, 0.717) is 24.9 Å². The highest BCUT2D eigenvalue weighted by atomic mass is 16.5. The molecule has 1 saturated carbocycles. The van der Waals surface area contributed by atoms with E-state index in [9.17, 15) is 4.79 Å². The van der Waals surface area contributed by atoms with Gasteiger partial charge >= 0.3 is 0 Å². The third-order valence-electron chi connectivity index (χ3n) is 5.85. The number of nitrogens with zero attached hydrogens (tertiary/aromatic N) is 3. The van der Waals surface area contributed by atoms with Crippen molar-refractivity contribution in [2.75, 3.05) is 30.4 Å². The predicted molar refractivity (Wildman–Crippen MR) is 118 cm³/mol. The van der Waals surface area contributed by atoms with Crippen LogP contribution in [-0.2, 0) is 11.3 Å². The molecule has 2 N–H and O–H groups in total. The fourth-order valence-corrected chi connectivity index (χ4v) is 3.91. The summed E-state index contributed by atoms with van der Waals surface area (Å²) < 4.78 is 5.16. The van der Waals surface area contributed by atoms with E-state index < -0.39 is 0 Å². The number of nitrogens with one attached hydrogen (secondary N) is 2. The van der Waals surface area contributed by atoms with Crippen LogP contribution in [0, 0.1) is 5.92 Å². The summed E-state index contributed by atoms with van der Waals surface area (Å²) in [4.78, 5) is 23.5. The van der Waals surface area contributed by atoms with Crippen LogP contribution in [-0.4, -0.2) is 42.1 Å². The first-order chi connectivity index (χ1) is 14.7. The maximum atomic E-state index is 12.3. The van der Waals surface area contributed by atoms with Gasteiger partial charge in [-0.1, -0.05) is 12.1 Å². The Balaban J connectivity index is 1.22. The molecular formula is C23H31N5O2. The third-order valence-corrected chi connectivity index (χ3v) is 5.85. The van der Waals surface area contributed by atoms with E-state index in [-0.39, 0.29) is 5.91 Å². The quantitative estimate of drug-likeness (QED) is 0.661. The van der Waals surface area contributed by atoms with Gasteiger partial charge in [-0.2, -0.15) is 0 Å². The number of methoxy groups -OCH3 is 1. The first kappa shape index (κ1) is 20.4. The van der Waals surface area contributed by atoms with Gasteiger partial charge in [0, 0.05) is 38.2 Å². The summed E-state index contributed by atoms with van der Waals surface area (Å²) in [6.45, 7) is 2.52. The number of anilines is 2. The lowest BCUT2D eigenvalue weighted by Crippen LogP contribution is -2.36. The van der Waals surface area contributed by atoms with Crippen molar-refractivity contribution in [3.05, 3.63) is 42.2 Å². The first-order valence-electron chi connectivity index (χ1n) is 10.9. The fourth-order valence-electron chi connectivity index (χ4n) is 3.91. The molecule has 0 spiro atoms. The molecule has 1 aromatic heterocycles. The SMILES string of the molecule is COc1ccc(CNC(=O)CC[C@@H]2CCCN(c3cc(NC4CC4)ncn3)C2)cc1. The second-order valence-corrected chi connectivity index (χ2v) is 8.30. The van der Waals surface area contributed by atoms with Crippen LogP contribution >= 0.6 is 0 Å². The van der Waals surface area contributed by atoms with Gasteiger partial charge in [0.15, 0.2) is 0 Å². The summed E-state index contributed by atoms with van der Waals surface area (Å²) in [5, 5.41) is 6.47. The van der Waals surface area contributed by atoms with Crippen molar-refractivity contribution >= 4 is 17.5 Å². The molecule has 1 aromatic carbocycles. The third kappa shape index (κ3) is 5.84. The summed E-state index contributed by atoms with van der Waals surface area (Å²) in [6, 6.07) is 10.4. The van der Waals surface area contributed by atoms with Crippen LogP contribution in [0.3, 0.4) is 0 Å². The van der Waals surface area contributed by atoms with Gasteiger partial charge in [0.05, 0.1) is 7.11 Å². The average molecular weight is 410 g/mol. The highest BCUT2D eigenvalue weighted by molar-refractivity contribution is 5.75. The van der Waals surface area contributed by atoms with E-state index in [1.165, 1.54) is 19.3 Å². The number of carbonyl (C=O) groups excluding carboxylic acids is 1. The minimum atomic E-state index is 0.112. The molecule has 1 aliphatic heterocycles. The number of hydrogen-bond donors (Lipinski definition) is 2. The Morgan fingerprint density at radius 1 is 1.20 bits per heavy atom. The Labute approximate surface area is 178 Å². The van der Waals surface area contributed by atoms with E-state index in [1.807, 2.05) is 24.3 Å². The summed E-state index contributed by atoms with van der Waals surface area (Å²) in [7, 11) is 1.65. The van der Waals surface area contributed by atoms with Gasteiger partial charge in [-0.3, -0.25) is 4.79 Å². The lowest BCUT2D eigenvalue weighted by molar-refractivity contribution is -0.121. The number of amides is 1. The van der Waals surface area contributed by atoms with Crippen LogP contribution in [0.5, 0.6) is 5.75 Å². The highest BCUT2D eigenvalue weighted by Crippen LogP contribution is 2.27. The standard InChI is InChI=1S/C23H31N5O2/c1-30-20-9-4-17(5-10-20)14-24-23(29)11-6-18-3-2-12-28(15-18)22-13-21(25-16-26-22)27-19-7-8-19/h4-5,9-10,13,16,18-19H,2-3,6-8,11-12,14-15H2,1H3,(H,24,29)(H,25,26,27)/t18-/m0/s1. The number of ether oxygens (including phenoxy) is 1. The van der Waals surface area contributed by atoms with Crippen molar-refractivity contribution < 1.29 is 9.53 Å². The number of aromatic nitrogens is 2. The molecule has 0 radical (unpaired) electrons. The molecule has 4 rings (SSSR count). The second-order valence-electron chi connectivity index (χ2n) is 8.30. The summed E-state index contributed by atoms with van der Waals surface area (Å²) >= 11 is 0. The van der Waals surface area contributed by atoms with Gasteiger partial charge in [0.1, 0.15) is 23.7 Å². The Hall–Kier alpha value is -2.83. The Kier molecular flexibility index (Phi) is 6.67. The second kappa shape index (κ2) is 9.78. The van der Waals surface area contributed by atoms with Gasteiger partial charge in [-0.05, 0) is 55.7 Å². The molecule has 0 bridgehead atoms. The number of piperidine rings is 1. The van der Waals surface area contributed by atoms with E-state index in [1.54, 1.807) is 13.4 Å². The molecule has 160 valence electrons. The molecule has 1 atom stereocenters. The van der Waals surface area contributed by atoms with Crippen molar-refractivity contribution in [1.82, 2.24) is 15.3 Å². The van der Waals surface area contributed by atoms with Gasteiger partial charge in [0.25, 0.3) is 0 Å². The van der Waals surface area contributed by atoms with Gasteiger partial charge in [0.2, 0.25) is 5.91 Å². The fraction of sp³-hybridized carbons (Fsp3) is 0.522. The molecule has 7 heteroatoms. The minimum absolute atomic E-state index is 0.112. The van der Waals surface area contributed by atoms with Crippen molar-refractivity contribution in [1.29, 1.82) is 0 Å². The Morgan fingerprint density at radius 3 is 2.80 bits per heavy atom.